The highest BCUT2D eigenvalue weighted by Gasteiger charge is 2.45. The van der Waals surface area contributed by atoms with Gasteiger partial charge in [-0.2, -0.15) is 0 Å². The third-order valence-corrected chi connectivity index (χ3v) is 14.3. The summed E-state index contributed by atoms with van der Waals surface area (Å²) in [6, 6.07) is 18.3. The topological polar surface area (TPSA) is 208 Å². The Hall–Kier alpha value is -5.92. The number of Topliss-reactive ketones (excluding diaryl/α,β-unsaturated/α-hetero) is 2. The molecule has 340 valence electrons. The number of H-pyrrole nitrogens is 2. The van der Waals surface area contributed by atoms with Crippen LogP contribution in [0.2, 0.25) is 0 Å². The van der Waals surface area contributed by atoms with Crippen LogP contribution in [-0.4, -0.2) is 83.6 Å². The molecule has 1 aliphatic heterocycles. The molecule has 65 heavy (non-hydrogen) atoms. The molecule has 0 amide bonds. The minimum absolute atomic E-state index is 0.0516. The van der Waals surface area contributed by atoms with Gasteiger partial charge in [0.1, 0.15) is 23.5 Å². The minimum Gasteiger partial charge on any atom is -0.507 e. The van der Waals surface area contributed by atoms with Gasteiger partial charge in [-0.15, -0.1) is 0 Å². The molecule has 0 saturated heterocycles. The third kappa shape index (κ3) is 9.18. The zero-order valence-corrected chi connectivity index (χ0v) is 36.6. The number of rotatable bonds is 8. The largest absolute Gasteiger partial charge is 0.507 e. The van der Waals surface area contributed by atoms with Crippen molar-refractivity contribution < 1.29 is 45.0 Å². The molecule has 3 aliphatic carbocycles. The normalized spacial score (nSPS) is 23.7. The molecule has 4 aliphatic rings. The van der Waals surface area contributed by atoms with Crippen molar-refractivity contribution in [1.82, 2.24) is 9.97 Å². The number of ketones is 2. The zero-order chi connectivity index (χ0) is 45.2. The molecule has 2 aromatic heterocycles. The summed E-state index contributed by atoms with van der Waals surface area (Å²) in [5.41, 5.74) is 6.66. The molecule has 3 heterocycles. The van der Waals surface area contributed by atoms with E-state index in [4.69, 9.17) is 4.74 Å². The molecule has 9 N–H and O–H groups in total. The number of phenols is 2. The van der Waals surface area contributed by atoms with E-state index in [1.54, 1.807) is 42.5 Å². The average molecular weight is 882 g/mol. The van der Waals surface area contributed by atoms with Crippen molar-refractivity contribution in [2.75, 3.05) is 25.1 Å². The Morgan fingerprint density at radius 2 is 1.68 bits per heavy atom. The van der Waals surface area contributed by atoms with Crippen LogP contribution in [0.3, 0.4) is 0 Å². The number of ether oxygens (including phenoxy) is 1. The Morgan fingerprint density at radius 1 is 0.846 bits per heavy atom. The first-order valence-corrected chi connectivity index (χ1v) is 23.1. The van der Waals surface area contributed by atoms with Gasteiger partial charge in [-0.1, -0.05) is 42.5 Å². The number of aromatic amines is 2. The number of aliphatic hydroxyl groups is 4. The summed E-state index contributed by atoms with van der Waals surface area (Å²) in [5, 5.41) is 71.0. The fraction of sp³-hybridized carbons (Fsp3) is 0.396. The average Bonchev–Trinajstić information content (AvgIpc) is 4.08. The number of aromatic hydroxyl groups is 2. The zero-order valence-electron chi connectivity index (χ0n) is 36.6. The summed E-state index contributed by atoms with van der Waals surface area (Å²) < 4.78 is 6.38. The number of aliphatic hydroxyl groups excluding tert-OH is 3. The molecule has 12 heteroatoms. The van der Waals surface area contributed by atoms with E-state index in [0.29, 0.717) is 53.8 Å². The number of aryl methyl sites for hydroxylation is 2. The van der Waals surface area contributed by atoms with E-state index in [-0.39, 0.29) is 79.3 Å². The van der Waals surface area contributed by atoms with Crippen molar-refractivity contribution in [2.24, 2.45) is 11.8 Å². The van der Waals surface area contributed by atoms with Crippen molar-refractivity contribution in [3.8, 4) is 17.2 Å². The standard InChI is InChI=1S/C53H59N3O9/c57-22-16-32-9-10-34-26-36(32)27-35-14-20-55-52(35)56-30-37-28-44-40(15-21-54-44)43(29-53(64)18-12-33-4-3-7-45(59)39(33)13-19-53)48(37)51(63)41(17-23-58)46(60)11-8-31-24-42(49(34)61)50(62)47(25-31)65-38-5-1-2-6-38/h3-4,7,9-10,13-15,19-21,24-26,28,38,41,43,48-49,54-59,61-62,64H,1-2,5-6,8,11-12,16-18,22-23,27,29-30H2. The van der Waals surface area contributed by atoms with Gasteiger partial charge in [0.05, 0.1) is 17.6 Å². The van der Waals surface area contributed by atoms with E-state index in [9.17, 15) is 35.4 Å². The maximum atomic E-state index is 15.4. The second kappa shape index (κ2) is 18.9. The highest BCUT2D eigenvalue weighted by molar-refractivity contribution is 6.05. The second-order valence-electron chi connectivity index (χ2n) is 18.4. The maximum absolute atomic E-state index is 15.4. The Bertz CT molecular complexity index is 2620. The Morgan fingerprint density at radius 3 is 2.49 bits per heavy atom. The lowest BCUT2D eigenvalue weighted by molar-refractivity contribution is -0.135. The van der Waals surface area contributed by atoms with Gasteiger partial charge in [0.15, 0.2) is 17.3 Å². The van der Waals surface area contributed by atoms with Gasteiger partial charge in [-0.05, 0) is 145 Å². The van der Waals surface area contributed by atoms with Gasteiger partial charge < -0.3 is 50.7 Å². The molecular weight excluding hydrogens is 823 g/mol. The van der Waals surface area contributed by atoms with Crippen LogP contribution in [0.25, 0.3) is 12.2 Å². The molecule has 4 bridgehead atoms. The molecule has 12 nitrogen and oxygen atoms in total. The van der Waals surface area contributed by atoms with E-state index in [2.05, 4.69) is 15.3 Å². The summed E-state index contributed by atoms with van der Waals surface area (Å²) in [6.45, 7) is -0.249. The monoisotopic (exact) mass is 881 g/mol. The number of carbonyl (C=O) groups excluding carboxylic acids is 2. The Labute approximate surface area is 378 Å². The third-order valence-electron chi connectivity index (χ3n) is 14.3. The number of carbonyl (C=O) groups is 2. The first kappa shape index (κ1) is 44.3. The number of benzene rings is 3. The number of anilines is 1. The molecule has 0 radical (unpaired) electrons. The fourth-order valence-electron chi connectivity index (χ4n) is 10.8. The van der Waals surface area contributed by atoms with Gasteiger partial charge in [-0.3, -0.25) is 9.59 Å². The Kier molecular flexibility index (Phi) is 12.9. The predicted molar refractivity (Wildman–Crippen MR) is 248 cm³/mol. The first-order valence-electron chi connectivity index (χ1n) is 23.1. The van der Waals surface area contributed by atoms with Gasteiger partial charge in [0, 0.05) is 73.7 Å². The van der Waals surface area contributed by atoms with Crippen LogP contribution >= 0.6 is 0 Å². The fourth-order valence-corrected chi connectivity index (χ4v) is 10.8. The first-order chi connectivity index (χ1) is 31.5. The van der Waals surface area contributed by atoms with Crippen LogP contribution in [0.15, 0.2) is 84.7 Å². The number of hydrogen-bond acceptors (Lipinski definition) is 10. The van der Waals surface area contributed by atoms with E-state index >= 15 is 4.79 Å². The number of nitrogens with one attached hydrogen (secondary N) is 3. The summed E-state index contributed by atoms with van der Waals surface area (Å²) in [6.07, 6.45) is 13.3. The molecule has 5 unspecified atom stereocenters. The SMILES string of the molecule is O=C1CCc2cc(OC3CCCC3)c(O)c(c2)C(O)c2ccc(CCO)c(c2)Cc2cc[nH]c2NCC2=Cc3[nH]ccc3C(CC3(O)C=Cc4c(O)cccc4CC3)C2C(=O)C1CCO. The van der Waals surface area contributed by atoms with Crippen LogP contribution in [0, 0.1) is 11.8 Å². The van der Waals surface area contributed by atoms with Crippen molar-refractivity contribution in [3.05, 3.63) is 140 Å². The van der Waals surface area contributed by atoms with Crippen molar-refractivity contribution in [2.45, 2.75) is 101 Å². The smallest absolute Gasteiger partial charge is 0.163 e. The number of hydrogen-bond donors (Lipinski definition) is 9. The molecule has 9 rings (SSSR count). The number of aromatic nitrogens is 2. The van der Waals surface area contributed by atoms with E-state index in [0.717, 1.165) is 59.2 Å². The lowest BCUT2D eigenvalue weighted by Crippen LogP contribution is -2.40. The number of phenolic OH excluding ortho intramolecular Hbond substituents is 2. The van der Waals surface area contributed by atoms with Gasteiger partial charge >= 0.3 is 0 Å². The summed E-state index contributed by atoms with van der Waals surface area (Å²) in [7, 11) is 0. The molecule has 5 aromatic rings. The van der Waals surface area contributed by atoms with Crippen molar-refractivity contribution in [3.63, 3.8) is 0 Å². The van der Waals surface area contributed by atoms with Crippen LogP contribution < -0.4 is 10.1 Å². The summed E-state index contributed by atoms with van der Waals surface area (Å²) in [5.74, 6) is -2.38. The molecule has 3 aromatic carbocycles. The van der Waals surface area contributed by atoms with Gasteiger partial charge in [0.25, 0.3) is 0 Å². The Balaban J connectivity index is 1.14. The van der Waals surface area contributed by atoms with Crippen LogP contribution in [0.5, 0.6) is 17.2 Å². The van der Waals surface area contributed by atoms with Gasteiger partial charge in [0.2, 0.25) is 0 Å². The summed E-state index contributed by atoms with van der Waals surface area (Å²) in [4.78, 5) is 36.7. The quantitative estimate of drug-likeness (QED) is 0.0708. The van der Waals surface area contributed by atoms with Crippen LogP contribution in [0.1, 0.15) is 119 Å². The lowest BCUT2D eigenvalue weighted by atomic mass is 9.67. The molecule has 0 spiro atoms. The second-order valence-corrected chi connectivity index (χ2v) is 18.4. The van der Waals surface area contributed by atoms with Crippen LogP contribution in [0.4, 0.5) is 5.82 Å². The minimum atomic E-state index is -1.38. The van der Waals surface area contributed by atoms with Gasteiger partial charge in [-0.25, -0.2) is 0 Å². The van der Waals surface area contributed by atoms with Crippen molar-refractivity contribution in [1.29, 1.82) is 0 Å². The molecule has 5 atom stereocenters. The van der Waals surface area contributed by atoms with E-state index in [1.165, 1.54) is 0 Å². The number of fused-ring (bicyclic) bond motifs is 8. The summed E-state index contributed by atoms with van der Waals surface area (Å²) >= 11 is 0. The van der Waals surface area contributed by atoms with Crippen LogP contribution in [-0.2, 0) is 35.3 Å². The van der Waals surface area contributed by atoms with E-state index < -0.39 is 36.1 Å². The molecular formula is C53H59N3O9. The maximum Gasteiger partial charge on any atom is 0.163 e. The highest BCUT2D eigenvalue weighted by Crippen LogP contribution is 2.47. The van der Waals surface area contributed by atoms with Crippen molar-refractivity contribution >= 4 is 29.5 Å². The molecule has 1 saturated carbocycles. The predicted octanol–water partition coefficient (Wildman–Crippen LogP) is 7.36. The highest BCUT2D eigenvalue weighted by atomic mass is 16.5. The van der Waals surface area contributed by atoms with E-state index in [1.807, 2.05) is 48.8 Å². The molecule has 1 fully saturated rings. The lowest BCUT2D eigenvalue weighted by Gasteiger charge is -2.38.